The molecule has 114 valence electrons. The lowest BCUT2D eigenvalue weighted by Gasteiger charge is -2.40. The maximum Gasteiger partial charge on any atom is 0.243 e. The summed E-state index contributed by atoms with van der Waals surface area (Å²) in [5, 5.41) is 2.60. The zero-order valence-electron chi connectivity index (χ0n) is 12.3. The Labute approximate surface area is 123 Å². The number of piperazine rings is 1. The van der Waals surface area contributed by atoms with Crippen molar-refractivity contribution in [2.75, 3.05) is 26.7 Å². The van der Waals surface area contributed by atoms with E-state index in [1.807, 2.05) is 0 Å². The van der Waals surface area contributed by atoms with Gasteiger partial charge in [-0.3, -0.25) is 14.5 Å². The number of hydrogen-bond acceptors (Lipinski definition) is 3. The van der Waals surface area contributed by atoms with Crippen LogP contribution in [0.25, 0.3) is 0 Å². The van der Waals surface area contributed by atoms with Gasteiger partial charge in [-0.2, -0.15) is 0 Å². The van der Waals surface area contributed by atoms with E-state index in [9.17, 15) is 14.0 Å². The second kappa shape index (κ2) is 6.67. The normalized spacial score (nSPS) is 19.4. The molecule has 2 rings (SSSR count). The van der Waals surface area contributed by atoms with E-state index in [-0.39, 0.29) is 17.6 Å². The lowest BCUT2D eigenvalue weighted by molar-refractivity contribution is -0.142. The number of benzene rings is 1. The first kappa shape index (κ1) is 15.4. The van der Waals surface area contributed by atoms with E-state index in [0.717, 1.165) is 5.56 Å². The molecule has 1 atom stereocenters. The number of likely N-dealkylation sites (N-methyl/N-ethyl adjacent to an activating group) is 1. The molecule has 0 spiro atoms. The quantitative estimate of drug-likeness (QED) is 0.888. The van der Waals surface area contributed by atoms with Crippen molar-refractivity contribution in [2.24, 2.45) is 0 Å². The van der Waals surface area contributed by atoms with Crippen molar-refractivity contribution in [1.82, 2.24) is 15.1 Å². The Morgan fingerprint density at radius 2 is 1.95 bits per heavy atom. The van der Waals surface area contributed by atoms with Gasteiger partial charge in [0.2, 0.25) is 11.8 Å². The van der Waals surface area contributed by atoms with E-state index in [1.54, 1.807) is 24.1 Å². The number of rotatable bonds is 3. The SMILES string of the molecule is CNC(=O)[C@H]1CN(Cc2ccc(F)cc2)CCN1C(C)=O. The minimum absolute atomic E-state index is 0.0926. The van der Waals surface area contributed by atoms with Gasteiger partial charge in [0, 0.05) is 40.2 Å². The third kappa shape index (κ3) is 3.78. The predicted molar refractivity (Wildman–Crippen MR) is 76.9 cm³/mol. The minimum Gasteiger partial charge on any atom is -0.357 e. The average molecular weight is 293 g/mol. The molecule has 0 radical (unpaired) electrons. The van der Waals surface area contributed by atoms with Crippen LogP contribution >= 0.6 is 0 Å². The Kier molecular flexibility index (Phi) is 4.90. The Morgan fingerprint density at radius 1 is 1.29 bits per heavy atom. The predicted octanol–water partition coefficient (Wildman–Crippen LogP) is 0.604. The number of halogens is 1. The molecular weight excluding hydrogens is 273 g/mol. The molecule has 1 aliphatic heterocycles. The van der Waals surface area contributed by atoms with E-state index in [2.05, 4.69) is 10.2 Å². The van der Waals surface area contributed by atoms with E-state index in [1.165, 1.54) is 19.1 Å². The summed E-state index contributed by atoms with van der Waals surface area (Å²) < 4.78 is 12.9. The molecular formula is C15H20FN3O2. The average Bonchev–Trinajstić information content (AvgIpc) is 2.48. The van der Waals surface area contributed by atoms with Crippen LogP contribution in [0.4, 0.5) is 4.39 Å². The lowest BCUT2D eigenvalue weighted by Crippen LogP contribution is -2.59. The highest BCUT2D eigenvalue weighted by atomic mass is 19.1. The Balaban J connectivity index is 2.05. The van der Waals surface area contributed by atoms with E-state index >= 15 is 0 Å². The van der Waals surface area contributed by atoms with Crippen molar-refractivity contribution in [2.45, 2.75) is 19.5 Å². The van der Waals surface area contributed by atoms with Crippen LogP contribution in [-0.2, 0) is 16.1 Å². The number of amides is 2. The first-order valence-corrected chi connectivity index (χ1v) is 6.97. The van der Waals surface area contributed by atoms with Crippen LogP contribution in [0.2, 0.25) is 0 Å². The van der Waals surface area contributed by atoms with Crippen LogP contribution in [0.3, 0.4) is 0 Å². The van der Waals surface area contributed by atoms with Crippen LogP contribution in [0, 0.1) is 5.82 Å². The third-order valence-electron chi connectivity index (χ3n) is 3.74. The van der Waals surface area contributed by atoms with Crippen molar-refractivity contribution in [1.29, 1.82) is 0 Å². The van der Waals surface area contributed by atoms with E-state index in [4.69, 9.17) is 0 Å². The van der Waals surface area contributed by atoms with Crippen LogP contribution in [0.15, 0.2) is 24.3 Å². The maximum atomic E-state index is 12.9. The Bertz CT molecular complexity index is 518. The standard InChI is InChI=1S/C15H20FN3O2/c1-11(20)19-8-7-18(10-14(19)15(21)17-2)9-12-3-5-13(16)6-4-12/h3-6,14H,7-10H2,1-2H3,(H,17,21)/t14-/m1/s1. The highest BCUT2D eigenvalue weighted by molar-refractivity contribution is 5.87. The van der Waals surface area contributed by atoms with Gasteiger partial charge >= 0.3 is 0 Å². The molecule has 0 unspecified atom stereocenters. The second-order valence-electron chi connectivity index (χ2n) is 5.20. The van der Waals surface area contributed by atoms with E-state index < -0.39 is 6.04 Å². The molecule has 1 fully saturated rings. The largest absolute Gasteiger partial charge is 0.357 e. The van der Waals surface area contributed by atoms with Crippen LogP contribution in [0.1, 0.15) is 12.5 Å². The molecule has 1 aliphatic rings. The summed E-state index contributed by atoms with van der Waals surface area (Å²) in [5.41, 5.74) is 0.989. The minimum atomic E-state index is -0.471. The van der Waals surface area contributed by atoms with Gasteiger partial charge in [0.15, 0.2) is 0 Å². The fourth-order valence-corrected chi connectivity index (χ4v) is 2.60. The number of carbonyl (C=O) groups is 2. The monoisotopic (exact) mass is 293 g/mol. The molecule has 1 aromatic rings. The summed E-state index contributed by atoms with van der Waals surface area (Å²) in [7, 11) is 1.57. The van der Waals surface area contributed by atoms with Gasteiger partial charge < -0.3 is 10.2 Å². The highest BCUT2D eigenvalue weighted by Gasteiger charge is 2.33. The first-order chi connectivity index (χ1) is 10.0. The maximum absolute atomic E-state index is 12.9. The van der Waals surface area contributed by atoms with Crippen molar-refractivity contribution in [3.05, 3.63) is 35.6 Å². The van der Waals surface area contributed by atoms with E-state index in [0.29, 0.717) is 26.2 Å². The van der Waals surface area contributed by atoms with Crippen molar-refractivity contribution >= 4 is 11.8 Å². The van der Waals surface area contributed by atoms with Gasteiger partial charge in [0.1, 0.15) is 11.9 Å². The fraction of sp³-hybridized carbons (Fsp3) is 0.467. The van der Waals surface area contributed by atoms with Gasteiger partial charge in [0.05, 0.1) is 0 Å². The molecule has 0 aromatic heterocycles. The Hall–Kier alpha value is -1.95. The molecule has 1 saturated heterocycles. The van der Waals surface area contributed by atoms with Crippen molar-refractivity contribution in [3.63, 3.8) is 0 Å². The third-order valence-corrected chi connectivity index (χ3v) is 3.74. The highest BCUT2D eigenvalue weighted by Crippen LogP contribution is 2.14. The molecule has 1 heterocycles. The van der Waals surface area contributed by atoms with Crippen LogP contribution < -0.4 is 5.32 Å². The zero-order valence-corrected chi connectivity index (χ0v) is 12.3. The smallest absolute Gasteiger partial charge is 0.243 e. The Morgan fingerprint density at radius 3 is 2.52 bits per heavy atom. The number of carbonyl (C=O) groups excluding carboxylic acids is 2. The van der Waals surface area contributed by atoms with Gasteiger partial charge in [-0.25, -0.2) is 4.39 Å². The summed E-state index contributed by atoms with van der Waals surface area (Å²) in [5.74, 6) is -0.512. The zero-order chi connectivity index (χ0) is 15.4. The molecule has 0 aliphatic carbocycles. The van der Waals surface area contributed by atoms with Gasteiger partial charge in [0.25, 0.3) is 0 Å². The van der Waals surface area contributed by atoms with Crippen LogP contribution in [0.5, 0.6) is 0 Å². The van der Waals surface area contributed by atoms with Crippen molar-refractivity contribution in [3.8, 4) is 0 Å². The number of nitrogens with one attached hydrogen (secondary N) is 1. The molecule has 5 nitrogen and oxygen atoms in total. The summed E-state index contributed by atoms with van der Waals surface area (Å²) in [6.45, 7) is 3.82. The number of nitrogens with zero attached hydrogens (tertiary/aromatic N) is 2. The fourth-order valence-electron chi connectivity index (χ4n) is 2.60. The molecule has 21 heavy (non-hydrogen) atoms. The van der Waals surface area contributed by atoms with Gasteiger partial charge in [-0.05, 0) is 17.7 Å². The summed E-state index contributed by atoms with van der Waals surface area (Å²) in [6, 6.07) is 5.86. The number of hydrogen-bond donors (Lipinski definition) is 1. The topological polar surface area (TPSA) is 52.7 Å². The lowest BCUT2D eigenvalue weighted by atomic mass is 10.1. The summed E-state index contributed by atoms with van der Waals surface area (Å²) >= 11 is 0. The van der Waals surface area contributed by atoms with Crippen LogP contribution in [-0.4, -0.2) is 54.3 Å². The molecule has 6 heteroatoms. The summed E-state index contributed by atoms with van der Waals surface area (Å²) in [6.07, 6.45) is 0. The van der Waals surface area contributed by atoms with Crippen molar-refractivity contribution < 1.29 is 14.0 Å². The van der Waals surface area contributed by atoms with Gasteiger partial charge in [-0.1, -0.05) is 12.1 Å². The molecule has 0 bridgehead atoms. The molecule has 1 N–H and O–H groups in total. The second-order valence-corrected chi connectivity index (χ2v) is 5.20. The molecule has 2 amide bonds. The summed E-state index contributed by atoms with van der Waals surface area (Å²) in [4.78, 5) is 27.3. The molecule has 1 aromatic carbocycles. The first-order valence-electron chi connectivity index (χ1n) is 6.97. The molecule has 0 saturated carbocycles. The van der Waals surface area contributed by atoms with Gasteiger partial charge in [-0.15, -0.1) is 0 Å².